The lowest BCUT2D eigenvalue weighted by Crippen LogP contribution is -2.15. The summed E-state index contributed by atoms with van der Waals surface area (Å²) in [7, 11) is 0. The summed E-state index contributed by atoms with van der Waals surface area (Å²) in [4.78, 5) is 40.7. The summed E-state index contributed by atoms with van der Waals surface area (Å²) in [5.41, 5.74) is 0.735. The van der Waals surface area contributed by atoms with Crippen molar-refractivity contribution in [2.45, 2.75) is 13.5 Å². The summed E-state index contributed by atoms with van der Waals surface area (Å²) in [6.07, 6.45) is 0. The highest BCUT2D eigenvalue weighted by molar-refractivity contribution is 6.04. The third-order valence-corrected chi connectivity index (χ3v) is 4.37. The summed E-state index contributed by atoms with van der Waals surface area (Å²) < 4.78 is 25.2. The number of amides is 1. The molecule has 0 unspecified atom stereocenters. The first-order valence-electron chi connectivity index (χ1n) is 9.23. The van der Waals surface area contributed by atoms with E-state index in [1.54, 1.807) is 19.1 Å². The van der Waals surface area contributed by atoms with Crippen LogP contribution in [0.1, 0.15) is 32.2 Å². The molecular formula is C22H16FN3O5. The molecule has 156 valence electrons. The normalized spacial score (nSPS) is 10.8. The molecule has 2 heterocycles. The molecule has 0 aliphatic heterocycles. The smallest absolute Gasteiger partial charge is 0.338 e. The molecule has 31 heavy (non-hydrogen) atoms. The molecule has 9 heteroatoms. The maximum Gasteiger partial charge on any atom is 0.338 e. The molecule has 0 radical (unpaired) electrons. The first kappa shape index (κ1) is 20.0. The Hall–Kier alpha value is -4.27. The molecule has 4 rings (SSSR count). The highest BCUT2D eigenvalue weighted by atomic mass is 19.1. The Kier molecular flexibility index (Phi) is 5.31. The molecule has 0 saturated heterocycles. The van der Waals surface area contributed by atoms with Crippen molar-refractivity contribution in [3.05, 3.63) is 99.4 Å². The number of aryl methyl sites for hydroxylation is 1. The largest absolute Gasteiger partial charge is 0.456 e. The molecule has 0 saturated carbocycles. The SMILES string of the molecule is Cc1cc2nc(COC(=O)c3ccc(NC(=O)c4ccccc4F)cc3)cc(=O)n2o1. The van der Waals surface area contributed by atoms with Crippen LogP contribution in [0.5, 0.6) is 0 Å². The van der Waals surface area contributed by atoms with Gasteiger partial charge in [-0.1, -0.05) is 12.1 Å². The van der Waals surface area contributed by atoms with Crippen LogP contribution >= 0.6 is 0 Å². The summed E-state index contributed by atoms with van der Waals surface area (Å²) >= 11 is 0. The van der Waals surface area contributed by atoms with Crippen LogP contribution in [0, 0.1) is 12.7 Å². The van der Waals surface area contributed by atoms with Gasteiger partial charge in [0.2, 0.25) is 0 Å². The number of fused-ring (bicyclic) bond motifs is 1. The molecule has 0 atom stereocenters. The number of ether oxygens (including phenoxy) is 1. The molecular weight excluding hydrogens is 405 g/mol. The number of hydrogen-bond donors (Lipinski definition) is 1. The number of anilines is 1. The van der Waals surface area contributed by atoms with E-state index in [2.05, 4.69) is 10.3 Å². The van der Waals surface area contributed by atoms with Crippen LogP contribution in [-0.4, -0.2) is 21.4 Å². The van der Waals surface area contributed by atoms with E-state index in [1.807, 2.05) is 0 Å². The fraction of sp³-hybridized carbons (Fsp3) is 0.0909. The Morgan fingerprint density at radius 1 is 1.13 bits per heavy atom. The Morgan fingerprint density at radius 3 is 2.61 bits per heavy atom. The van der Waals surface area contributed by atoms with Crippen LogP contribution < -0.4 is 10.9 Å². The first-order valence-corrected chi connectivity index (χ1v) is 9.23. The Morgan fingerprint density at radius 2 is 1.87 bits per heavy atom. The number of hydrogen-bond acceptors (Lipinski definition) is 6. The van der Waals surface area contributed by atoms with E-state index in [-0.39, 0.29) is 23.4 Å². The zero-order valence-electron chi connectivity index (χ0n) is 16.3. The van der Waals surface area contributed by atoms with Gasteiger partial charge in [0.05, 0.1) is 16.8 Å². The van der Waals surface area contributed by atoms with Crippen LogP contribution in [-0.2, 0) is 11.3 Å². The van der Waals surface area contributed by atoms with Crippen molar-refractivity contribution in [2.75, 3.05) is 5.32 Å². The lowest BCUT2D eigenvalue weighted by atomic mass is 10.1. The third-order valence-electron chi connectivity index (χ3n) is 4.37. The maximum absolute atomic E-state index is 13.7. The first-order chi connectivity index (χ1) is 14.9. The van der Waals surface area contributed by atoms with Crippen LogP contribution in [0.15, 0.2) is 70.0 Å². The van der Waals surface area contributed by atoms with Gasteiger partial charge in [-0.15, -0.1) is 4.57 Å². The summed E-state index contributed by atoms with van der Waals surface area (Å²) in [5.74, 6) is -1.33. The summed E-state index contributed by atoms with van der Waals surface area (Å²) in [6, 6.07) is 14.4. The van der Waals surface area contributed by atoms with Gasteiger partial charge < -0.3 is 14.6 Å². The number of esters is 1. The van der Waals surface area contributed by atoms with Crippen LogP contribution in [0.2, 0.25) is 0 Å². The molecule has 2 aromatic carbocycles. The molecule has 0 aliphatic rings. The quantitative estimate of drug-likeness (QED) is 0.496. The van der Waals surface area contributed by atoms with E-state index in [0.717, 1.165) is 4.57 Å². The van der Waals surface area contributed by atoms with Crippen LogP contribution in [0.3, 0.4) is 0 Å². The van der Waals surface area contributed by atoms with E-state index in [9.17, 15) is 18.8 Å². The van der Waals surface area contributed by atoms with Gasteiger partial charge >= 0.3 is 5.97 Å². The van der Waals surface area contributed by atoms with Gasteiger partial charge in [0, 0.05) is 17.8 Å². The topological polar surface area (TPSA) is 103 Å². The minimum absolute atomic E-state index is 0.0841. The second-order valence-corrected chi connectivity index (χ2v) is 6.67. The molecule has 1 N–H and O–H groups in total. The van der Waals surface area contributed by atoms with Crippen molar-refractivity contribution in [1.82, 2.24) is 9.56 Å². The second-order valence-electron chi connectivity index (χ2n) is 6.67. The van der Waals surface area contributed by atoms with Gasteiger partial charge in [0.1, 0.15) is 18.2 Å². The number of nitrogens with zero attached hydrogens (tertiary/aromatic N) is 2. The van der Waals surface area contributed by atoms with E-state index in [0.29, 0.717) is 17.1 Å². The van der Waals surface area contributed by atoms with Gasteiger partial charge in [-0.25, -0.2) is 14.2 Å². The zero-order chi connectivity index (χ0) is 22.0. The van der Waals surface area contributed by atoms with Gasteiger partial charge in [-0.05, 0) is 43.3 Å². The van der Waals surface area contributed by atoms with E-state index in [4.69, 9.17) is 9.26 Å². The van der Waals surface area contributed by atoms with Crippen molar-refractivity contribution < 1.29 is 23.2 Å². The van der Waals surface area contributed by atoms with Crippen molar-refractivity contribution in [3.63, 3.8) is 0 Å². The van der Waals surface area contributed by atoms with E-state index >= 15 is 0 Å². The standard InChI is InChI=1S/C22H16FN3O5/c1-13-10-19-24-16(11-20(27)26(19)31-13)12-30-22(29)14-6-8-15(9-7-14)25-21(28)17-4-2-3-5-18(17)23/h2-11H,12H2,1H3,(H,25,28). The minimum Gasteiger partial charge on any atom is -0.456 e. The Bertz CT molecular complexity index is 1340. The fourth-order valence-corrected chi connectivity index (χ4v) is 2.90. The van der Waals surface area contributed by atoms with Crippen LogP contribution in [0.25, 0.3) is 5.65 Å². The number of carbonyl (C=O) groups is 2. The number of benzene rings is 2. The number of aromatic nitrogens is 2. The number of carbonyl (C=O) groups excluding carboxylic acids is 2. The average molecular weight is 421 g/mol. The Labute approximate surface area is 174 Å². The molecule has 2 aromatic heterocycles. The van der Waals surface area contributed by atoms with Crippen molar-refractivity contribution >= 4 is 23.2 Å². The van der Waals surface area contributed by atoms with Gasteiger partial charge in [-0.2, -0.15) is 0 Å². The lowest BCUT2D eigenvalue weighted by molar-refractivity contribution is 0.0467. The highest BCUT2D eigenvalue weighted by Crippen LogP contribution is 2.14. The molecule has 0 bridgehead atoms. The van der Waals surface area contributed by atoms with Crippen LogP contribution in [0.4, 0.5) is 10.1 Å². The molecule has 8 nitrogen and oxygen atoms in total. The molecule has 1 amide bonds. The number of rotatable bonds is 5. The Balaban J connectivity index is 1.40. The molecule has 4 aromatic rings. The molecule has 0 fully saturated rings. The van der Waals surface area contributed by atoms with Gasteiger partial charge in [-0.3, -0.25) is 9.59 Å². The van der Waals surface area contributed by atoms with Crippen molar-refractivity contribution in [1.29, 1.82) is 0 Å². The predicted molar refractivity (Wildman–Crippen MR) is 108 cm³/mol. The molecule has 0 spiro atoms. The average Bonchev–Trinajstić information content (AvgIpc) is 3.13. The highest BCUT2D eigenvalue weighted by Gasteiger charge is 2.13. The third kappa shape index (κ3) is 4.35. The lowest BCUT2D eigenvalue weighted by Gasteiger charge is -2.08. The minimum atomic E-state index is -0.628. The predicted octanol–water partition coefficient (Wildman–Crippen LogP) is 3.34. The summed E-state index contributed by atoms with van der Waals surface area (Å²) in [6.45, 7) is 1.50. The van der Waals surface area contributed by atoms with Gasteiger partial charge in [0.15, 0.2) is 5.65 Å². The molecule has 0 aliphatic carbocycles. The number of nitrogens with one attached hydrogen (secondary N) is 1. The monoisotopic (exact) mass is 421 g/mol. The van der Waals surface area contributed by atoms with E-state index in [1.165, 1.54) is 48.5 Å². The summed E-state index contributed by atoms with van der Waals surface area (Å²) in [5, 5.41) is 2.56. The van der Waals surface area contributed by atoms with Crippen molar-refractivity contribution in [2.24, 2.45) is 0 Å². The number of halogens is 1. The van der Waals surface area contributed by atoms with E-state index < -0.39 is 23.3 Å². The van der Waals surface area contributed by atoms with Gasteiger partial charge in [0.25, 0.3) is 11.5 Å². The second kappa shape index (κ2) is 8.23. The maximum atomic E-state index is 13.7. The van der Waals surface area contributed by atoms with Crippen molar-refractivity contribution in [3.8, 4) is 0 Å². The zero-order valence-corrected chi connectivity index (χ0v) is 16.3. The fourth-order valence-electron chi connectivity index (χ4n) is 2.90.